The predicted octanol–water partition coefficient (Wildman–Crippen LogP) is 3.94. The van der Waals surface area contributed by atoms with Gasteiger partial charge < -0.3 is 10.2 Å². The van der Waals surface area contributed by atoms with Crippen LogP contribution in [0.25, 0.3) is 0 Å². The fourth-order valence-corrected chi connectivity index (χ4v) is 2.16. The van der Waals surface area contributed by atoms with Crippen LogP contribution in [0.1, 0.15) is 44.0 Å². The Bertz CT molecular complexity index is 438. The van der Waals surface area contributed by atoms with Crippen LogP contribution in [-0.2, 0) is 0 Å². The molecule has 1 atom stereocenters. The number of carbonyl (C=O) groups excluding carboxylic acids is 1. The SMILES string of the molecule is C=CCCC(C)Nc1cccc(C(=O)N(CC)CC)c1. The minimum atomic E-state index is 0.0948. The number of amides is 1. The van der Waals surface area contributed by atoms with Gasteiger partial charge in [0.2, 0.25) is 0 Å². The average molecular weight is 274 g/mol. The van der Waals surface area contributed by atoms with Gasteiger partial charge in [-0.25, -0.2) is 0 Å². The summed E-state index contributed by atoms with van der Waals surface area (Å²) in [5, 5.41) is 3.43. The van der Waals surface area contributed by atoms with Crippen molar-refractivity contribution >= 4 is 11.6 Å². The molecule has 3 nitrogen and oxygen atoms in total. The molecule has 0 aliphatic rings. The first-order chi connectivity index (χ1) is 9.62. The summed E-state index contributed by atoms with van der Waals surface area (Å²) in [6, 6.07) is 8.11. The number of nitrogens with zero attached hydrogens (tertiary/aromatic N) is 1. The Kier molecular flexibility index (Phi) is 6.85. The van der Waals surface area contributed by atoms with E-state index in [-0.39, 0.29) is 5.91 Å². The standard InChI is InChI=1S/C17H26N2O/c1-5-8-10-14(4)18-16-12-9-11-15(13-16)17(20)19(6-2)7-3/h5,9,11-14,18H,1,6-8,10H2,2-4H3. The second-order valence-corrected chi connectivity index (χ2v) is 4.97. The summed E-state index contributed by atoms with van der Waals surface area (Å²) in [5.74, 6) is 0.0948. The summed E-state index contributed by atoms with van der Waals surface area (Å²) in [7, 11) is 0. The number of benzene rings is 1. The highest BCUT2D eigenvalue weighted by Gasteiger charge is 2.12. The van der Waals surface area contributed by atoms with E-state index in [1.165, 1.54) is 0 Å². The van der Waals surface area contributed by atoms with Crippen LogP contribution in [-0.4, -0.2) is 29.9 Å². The van der Waals surface area contributed by atoms with E-state index in [4.69, 9.17) is 0 Å². The molecule has 1 aromatic carbocycles. The van der Waals surface area contributed by atoms with E-state index in [1.807, 2.05) is 49.1 Å². The monoisotopic (exact) mass is 274 g/mol. The first-order valence-electron chi connectivity index (χ1n) is 7.39. The lowest BCUT2D eigenvalue weighted by Gasteiger charge is -2.20. The van der Waals surface area contributed by atoms with E-state index in [2.05, 4.69) is 18.8 Å². The third-order valence-corrected chi connectivity index (χ3v) is 3.38. The summed E-state index contributed by atoms with van der Waals surface area (Å²) >= 11 is 0. The van der Waals surface area contributed by atoms with Gasteiger partial charge in [0, 0.05) is 30.4 Å². The molecule has 0 saturated heterocycles. The van der Waals surface area contributed by atoms with E-state index in [0.717, 1.165) is 37.2 Å². The highest BCUT2D eigenvalue weighted by atomic mass is 16.2. The van der Waals surface area contributed by atoms with E-state index >= 15 is 0 Å². The van der Waals surface area contributed by atoms with Crippen LogP contribution in [0.4, 0.5) is 5.69 Å². The molecule has 0 spiro atoms. The maximum atomic E-state index is 12.3. The molecule has 20 heavy (non-hydrogen) atoms. The van der Waals surface area contributed by atoms with Gasteiger partial charge in [-0.3, -0.25) is 4.79 Å². The predicted molar refractivity (Wildman–Crippen MR) is 86.2 cm³/mol. The van der Waals surface area contributed by atoms with E-state index in [0.29, 0.717) is 6.04 Å². The minimum Gasteiger partial charge on any atom is -0.383 e. The molecule has 0 radical (unpaired) electrons. The summed E-state index contributed by atoms with van der Waals surface area (Å²) in [6.45, 7) is 11.4. The molecular formula is C17H26N2O. The van der Waals surface area contributed by atoms with Crippen LogP contribution in [0.15, 0.2) is 36.9 Å². The Hall–Kier alpha value is -1.77. The molecule has 0 saturated carbocycles. The first-order valence-corrected chi connectivity index (χ1v) is 7.39. The van der Waals surface area contributed by atoms with Crippen LogP contribution in [0.3, 0.4) is 0 Å². The molecular weight excluding hydrogens is 248 g/mol. The summed E-state index contributed by atoms with van der Waals surface area (Å²) in [6.07, 6.45) is 3.96. The number of hydrogen-bond donors (Lipinski definition) is 1. The van der Waals surface area contributed by atoms with Crippen molar-refractivity contribution in [3.8, 4) is 0 Å². The molecule has 1 amide bonds. The Morgan fingerprint density at radius 1 is 1.40 bits per heavy atom. The largest absolute Gasteiger partial charge is 0.383 e. The average Bonchev–Trinajstić information content (AvgIpc) is 2.46. The van der Waals surface area contributed by atoms with Gasteiger partial charge in [-0.15, -0.1) is 6.58 Å². The van der Waals surface area contributed by atoms with Gasteiger partial charge in [0.15, 0.2) is 0 Å². The van der Waals surface area contributed by atoms with Crippen molar-refractivity contribution in [1.29, 1.82) is 0 Å². The normalized spacial score (nSPS) is 11.8. The molecule has 0 aliphatic carbocycles. The van der Waals surface area contributed by atoms with Crippen molar-refractivity contribution in [3.05, 3.63) is 42.5 Å². The maximum absolute atomic E-state index is 12.3. The van der Waals surface area contributed by atoms with Crippen LogP contribution < -0.4 is 5.32 Å². The lowest BCUT2D eigenvalue weighted by atomic mass is 10.1. The van der Waals surface area contributed by atoms with Gasteiger partial charge in [-0.2, -0.15) is 0 Å². The van der Waals surface area contributed by atoms with Crippen LogP contribution >= 0.6 is 0 Å². The third kappa shape index (κ3) is 4.72. The second kappa shape index (κ2) is 8.41. The van der Waals surface area contributed by atoms with Crippen molar-refractivity contribution in [2.24, 2.45) is 0 Å². The highest BCUT2D eigenvalue weighted by Crippen LogP contribution is 2.15. The summed E-state index contributed by atoms with van der Waals surface area (Å²) < 4.78 is 0. The smallest absolute Gasteiger partial charge is 0.253 e. The van der Waals surface area contributed by atoms with Crippen molar-refractivity contribution in [1.82, 2.24) is 4.90 Å². The van der Waals surface area contributed by atoms with Gasteiger partial charge >= 0.3 is 0 Å². The number of nitrogens with one attached hydrogen (secondary N) is 1. The highest BCUT2D eigenvalue weighted by molar-refractivity contribution is 5.95. The second-order valence-electron chi connectivity index (χ2n) is 4.97. The van der Waals surface area contributed by atoms with Crippen LogP contribution in [0.5, 0.6) is 0 Å². The van der Waals surface area contributed by atoms with Crippen molar-refractivity contribution < 1.29 is 4.79 Å². The zero-order chi connectivity index (χ0) is 15.0. The lowest BCUT2D eigenvalue weighted by molar-refractivity contribution is 0.0773. The first kappa shape index (κ1) is 16.3. The lowest BCUT2D eigenvalue weighted by Crippen LogP contribution is -2.30. The number of allylic oxidation sites excluding steroid dienone is 1. The fraction of sp³-hybridized carbons (Fsp3) is 0.471. The van der Waals surface area contributed by atoms with Crippen molar-refractivity contribution in [2.45, 2.75) is 39.7 Å². The third-order valence-electron chi connectivity index (χ3n) is 3.38. The zero-order valence-electron chi connectivity index (χ0n) is 12.9. The van der Waals surface area contributed by atoms with Gasteiger partial charge in [0.25, 0.3) is 5.91 Å². The molecule has 1 unspecified atom stereocenters. The van der Waals surface area contributed by atoms with E-state index < -0.39 is 0 Å². The topological polar surface area (TPSA) is 32.3 Å². The number of anilines is 1. The Balaban J connectivity index is 2.74. The summed E-state index contributed by atoms with van der Waals surface area (Å²) in [5.41, 5.74) is 1.74. The Morgan fingerprint density at radius 3 is 2.70 bits per heavy atom. The van der Waals surface area contributed by atoms with Crippen LogP contribution in [0, 0.1) is 0 Å². The molecule has 110 valence electrons. The van der Waals surface area contributed by atoms with E-state index in [9.17, 15) is 4.79 Å². The quantitative estimate of drug-likeness (QED) is 0.728. The maximum Gasteiger partial charge on any atom is 0.253 e. The van der Waals surface area contributed by atoms with Gasteiger partial charge in [0.1, 0.15) is 0 Å². The number of hydrogen-bond acceptors (Lipinski definition) is 2. The van der Waals surface area contributed by atoms with Gasteiger partial charge in [-0.1, -0.05) is 12.1 Å². The van der Waals surface area contributed by atoms with Crippen molar-refractivity contribution in [3.63, 3.8) is 0 Å². The Morgan fingerprint density at radius 2 is 2.10 bits per heavy atom. The fourth-order valence-electron chi connectivity index (χ4n) is 2.16. The summed E-state index contributed by atoms with van der Waals surface area (Å²) in [4.78, 5) is 14.1. The van der Waals surface area contributed by atoms with E-state index in [1.54, 1.807) is 0 Å². The molecule has 1 N–H and O–H groups in total. The molecule has 1 aromatic rings. The zero-order valence-corrected chi connectivity index (χ0v) is 12.9. The van der Waals surface area contributed by atoms with Crippen LogP contribution in [0.2, 0.25) is 0 Å². The number of rotatable bonds is 8. The molecule has 0 heterocycles. The molecule has 0 aliphatic heterocycles. The molecule has 0 fully saturated rings. The molecule has 3 heteroatoms. The molecule has 0 aromatic heterocycles. The number of carbonyl (C=O) groups is 1. The minimum absolute atomic E-state index is 0.0948. The molecule has 0 bridgehead atoms. The Labute approximate surface area is 122 Å². The van der Waals surface area contributed by atoms with Gasteiger partial charge in [0.05, 0.1) is 0 Å². The van der Waals surface area contributed by atoms with Crippen molar-refractivity contribution in [2.75, 3.05) is 18.4 Å². The molecule has 1 rings (SSSR count). The van der Waals surface area contributed by atoms with Gasteiger partial charge in [-0.05, 0) is 51.8 Å².